The number of aromatic nitrogens is 1. The first-order chi connectivity index (χ1) is 32.7. The number of piperidine rings is 1. The van der Waals surface area contributed by atoms with Crippen LogP contribution in [-0.4, -0.2) is 153 Å². The number of ether oxygens (including phenoxy) is 4. The number of fused-ring (bicyclic) bond motifs is 1. The number of carbonyl (C=O) groups excluding carboxylic acids is 8. The average Bonchev–Trinajstić information content (AvgIpc) is 4.06. The third-order valence-corrected chi connectivity index (χ3v) is 12.8. The lowest BCUT2D eigenvalue weighted by atomic mass is 10.0. The highest BCUT2D eigenvalue weighted by Gasteiger charge is 2.44. The third-order valence-electron chi connectivity index (χ3n) is 10.7. The molecule has 1 aromatic heterocycles. The first-order valence-corrected chi connectivity index (χ1v) is 24.7. The standard InChI is InChI=1S/C44H54N8O14S2/c1-68(61,62)51-17-13-29(25-51)39(56)47-33(40(57)50-44-48-34(27-67-44)28-6-3-2-4-7-28)14-19-63-18-5-8-36(53)45-15-20-64-22-23-65-21-16-46-38(55)26-66-30-9-10-31-32(24-30)43(60)52(42(31)59)35-11-12-37(54)49-41(35)58/h2-4,6-7,9-10,13,17,24-25,33-35,44,48H,5,8,11-12,14-16,18-23,26-27H2,1H3,(H,45,53)(H,46,55)(H,47,56)(H,50,57)(H,49,54,58)/t33-,34?,35?,44?/m0/s1. The summed E-state index contributed by atoms with van der Waals surface area (Å²) in [7, 11) is -3.61. The third kappa shape index (κ3) is 14.7. The van der Waals surface area contributed by atoms with Crippen LogP contribution in [0.15, 0.2) is 67.0 Å². The molecule has 0 radical (unpaired) electrons. The van der Waals surface area contributed by atoms with Crippen molar-refractivity contribution in [2.45, 2.75) is 55.7 Å². The Hall–Kier alpha value is -6.18. The van der Waals surface area contributed by atoms with Crippen molar-refractivity contribution in [3.05, 3.63) is 89.2 Å². The summed E-state index contributed by atoms with van der Waals surface area (Å²) in [6.45, 7) is 1.33. The number of benzene rings is 2. The Morgan fingerprint density at radius 1 is 0.853 bits per heavy atom. The lowest BCUT2D eigenvalue weighted by Crippen LogP contribution is -2.54. The summed E-state index contributed by atoms with van der Waals surface area (Å²) < 4.78 is 46.9. The minimum atomic E-state index is -3.61. The van der Waals surface area contributed by atoms with Crippen LogP contribution in [0, 0.1) is 0 Å². The topological polar surface area (TPSA) is 288 Å². The number of imide groups is 2. The van der Waals surface area contributed by atoms with E-state index in [9.17, 15) is 46.8 Å². The van der Waals surface area contributed by atoms with E-state index in [1.54, 1.807) is 0 Å². The fourth-order valence-corrected chi connectivity index (χ4v) is 8.92. The van der Waals surface area contributed by atoms with E-state index in [-0.39, 0.29) is 119 Å². The van der Waals surface area contributed by atoms with E-state index < -0.39 is 69.0 Å². The number of hydrogen-bond donors (Lipinski definition) is 6. The molecule has 4 heterocycles. The van der Waals surface area contributed by atoms with Crippen molar-refractivity contribution in [3.63, 3.8) is 0 Å². The molecule has 24 heteroatoms. The van der Waals surface area contributed by atoms with Crippen molar-refractivity contribution in [2.24, 2.45) is 0 Å². The molecule has 4 atom stereocenters. The van der Waals surface area contributed by atoms with Crippen LogP contribution in [0.4, 0.5) is 0 Å². The van der Waals surface area contributed by atoms with E-state index in [0.29, 0.717) is 6.42 Å². The summed E-state index contributed by atoms with van der Waals surface area (Å²) >= 11 is 1.52. The molecular weight excluding hydrogens is 929 g/mol. The van der Waals surface area contributed by atoms with Gasteiger partial charge >= 0.3 is 0 Å². The molecule has 8 amide bonds. The second-order valence-corrected chi connectivity index (χ2v) is 18.8. The van der Waals surface area contributed by atoms with Crippen LogP contribution in [0.2, 0.25) is 0 Å². The summed E-state index contributed by atoms with van der Waals surface area (Å²) in [4.78, 5) is 102. The Morgan fingerprint density at radius 2 is 1.56 bits per heavy atom. The Balaban J connectivity index is 0.785. The quantitative estimate of drug-likeness (QED) is 0.0449. The SMILES string of the molecule is CS(=O)(=O)n1ccc(C(=O)N[C@@H](CCOCCCC(=O)NCCOCCOCCNC(=O)COc2ccc3c(c2)C(=O)N(C2CCC(=O)NC2=O)C3=O)C(=O)NC2NC(c3ccccc3)CS2)c1. The van der Waals surface area contributed by atoms with Gasteiger partial charge in [-0.25, -0.2) is 8.42 Å². The minimum absolute atomic E-state index is 0.00510. The number of thioether (sulfide) groups is 1. The molecule has 0 aliphatic carbocycles. The van der Waals surface area contributed by atoms with E-state index in [1.807, 2.05) is 30.3 Å². The van der Waals surface area contributed by atoms with E-state index >= 15 is 0 Å². The zero-order valence-corrected chi connectivity index (χ0v) is 38.8. The van der Waals surface area contributed by atoms with Crippen molar-refractivity contribution < 1.29 is 65.7 Å². The molecule has 2 fully saturated rings. The number of nitrogens with zero attached hydrogens (tertiary/aromatic N) is 2. The normalized spacial score (nSPS) is 18.4. The molecule has 3 aromatic rings. The van der Waals surface area contributed by atoms with Gasteiger partial charge in [0.15, 0.2) is 6.61 Å². The van der Waals surface area contributed by atoms with Crippen LogP contribution in [0.3, 0.4) is 0 Å². The molecule has 3 aliphatic heterocycles. The van der Waals surface area contributed by atoms with Gasteiger partial charge in [0.2, 0.25) is 33.7 Å². The highest BCUT2D eigenvalue weighted by molar-refractivity contribution is 8.00. The van der Waals surface area contributed by atoms with E-state index in [2.05, 4.69) is 31.9 Å². The largest absolute Gasteiger partial charge is 0.484 e. The lowest BCUT2D eigenvalue weighted by molar-refractivity contribution is -0.136. The number of carbonyl (C=O) groups is 8. The molecule has 6 rings (SSSR count). The highest BCUT2D eigenvalue weighted by atomic mass is 32.2. The molecule has 366 valence electrons. The minimum Gasteiger partial charge on any atom is -0.484 e. The molecule has 3 aliphatic rings. The molecule has 2 aromatic carbocycles. The lowest BCUT2D eigenvalue weighted by Gasteiger charge is -2.27. The van der Waals surface area contributed by atoms with Crippen LogP contribution in [0.5, 0.6) is 5.75 Å². The Kier molecular flexibility index (Phi) is 18.6. The van der Waals surface area contributed by atoms with E-state index in [0.717, 1.165) is 26.4 Å². The van der Waals surface area contributed by atoms with Crippen molar-refractivity contribution in [1.82, 2.24) is 40.8 Å². The van der Waals surface area contributed by atoms with E-state index in [1.165, 1.54) is 48.4 Å². The maximum absolute atomic E-state index is 13.4. The number of nitrogens with one attached hydrogen (secondary N) is 6. The first kappa shape index (κ1) is 51.2. The molecule has 2 saturated heterocycles. The highest BCUT2D eigenvalue weighted by Crippen LogP contribution is 2.31. The number of amides is 8. The molecule has 22 nitrogen and oxygen atoms in total. The maximum Gasteiger partial charge on any atom is 0.262 e. The van der Waals surface area contributed by atoms with Gasteiger partial charge in [-0.15, -0.1) is 11.8 Å². The molecule has 68 heavy (non-hydrogen) atoms. The predicted molar refractivity (Wildman–Crippen MR) is 244 cm³/mol. The van der Waals surface area contributed by atoms with Crippen molar-refractivity contribution >= 4 is 69.0 Å². The Bertz CT molecular complexity index is 2440. The van der Waals surface area contributed by atoms with Gasteiger partial charge in [-0.2, -0.15) is 0 Å². The zero-order valence-electron chi connectivity index (χ0n) is 37.2. The molecule has 0 bridgehead atoms. The van der Waals surface area contributed by atoms with Crippen molar-refractivity contribution in [3.8, 4) is 5.75 Å². The van der Waals surface area contributed by atoms with Gasteiger partial charge in [0.05, 0.1) is 49.4 Å². The maximum atomic E-state index is 13.4. The first-order valence-electron chi connectivity index (χ1n) is 21.9. The summed E-state index contributed by atoms with van der Waals surface area (Å²) in [6, 6.07) is 13.3. The molecular formula is C44H54N8O14S2. The second-order valence-electron chi connectivity index (χ2n) is 15.7. The van der Waals surface area contributed by atoms with Gasteiger partial charge in [0, 0.05) is 63.3 Å². The van der Waals surface area contributed by atoms with Gasteiger partial charge in [-0.3, -0.25) is 57.9 Å². The Labute approximate surface area is 396 Å². The second kappa shape index (κ2) is 24.7. The van der Waals surface area contributed by atoms with E-state index in [4.69, 9.17) is 18.9 Å². The van der Waals surface area contributed by atoms with Gasteiger partial charge < -0.3 is 40.2 Å². The summed E-state index contributed by atoms with van der Waals surface area (Å²) in [6.07, 6.45) is 4.18. The summed E-state index contributed by atoms with van der Waals surface area (Å²) in [5.41, 5.74) is 0.879. The van der Waals surface area contributed by atoms with Crippen LogP contribution < -0.4 is 36.6 Å². The van der Waals surface area contributed by atoms with Crippen LogP contribution in [-0.2, 0) is 48.2 Å². The summed E-state index contributed by atoms with van der Waals surface area (Å²) in [5, 5.41) is 16.5. The molecule has 6 N–H and O–H groups in total. The van der Waals surface area contributed by atoms with Crippen LogP contribution in [0.25, 0.3) is 0 Å². The molecule has 3 unspecified atom stereocenters. The zero-order chi connectivity index (χ0) is 48.6. The fourth-order valence-electron chi connectivity index (χ4n) is 7.20. The van der Waals surface area contributed by atoms with Gasteiger partial charge in [0.25, 0.3) is 23.6 Å². The number of rotatable bonds is 26. The van der Waals surface area contributed by atoms with Crippen LogP contribution in [0.1, 0.15) is 74.8 Å². The Morgan fingerprint density at radius 3 is 2.26 bits per heavy atom. The fraction of sp³-hybridized carbons (Fsp3) is 0.455. The van der Waals surface area contributed by atoms with Gasteiger partial charge in [-0.1, -0.05) is 30.3 Å². The van der Waals surface area contributed by atoms with Crippen LogP contribution >= 0.6 is 11.8 Å². The number of hydrogen-bond acceptors (Lipinski definition) is 16. The smallest absolute Gasteiger partial charge is 0.262 e. The molecule has 0 saturated carbocycles. The van der Waals surface area contributed by atoms with Gasteiger partial charge in [0.1, 0.15) is 23.3 Å². The van der Waals surface area contributed by atoms with Crippen molar-refractivity contribution in [1.29, 1.82) is 0 Å². The summed E-state index contributed by atoms with van der Waals surface area (Å²) in [5.74, 6) is -3.33. The van der Waals surface area contributed by atoms with Gasteiger partial charge in [-0.05, 0) is 49.1 Å². The van der Waals surface area contributed by atoms with Crippen molar-refractivity contribution in [2.75, 3.05) is 71.3 Å². The monoisotopic (exact) mass is 982 g/mol. The average molecular weight is 983 g/mol. The predicted octanol–water partition coefficient (Wildman–Crippen LogP) is -0.196. The molecule has 0 spiro atoms.